The van der Waals surface area contributed by atoms with Gasteiger partial charge in [0, 0.05) is 6.61 Å². The molecule has 4 heteroatoms. The SMILES string of the molecule is CCOCC(=O)NN. The fraction of sp³-hybridized carbons (Fsp3) is 0.750. The van der Waals surface area contributed by atoms with Crippen molar-refractivity contribution in [2.75, 3.05) is 13.2 Å². The molecule has 0 radical (unpaired) electrons. The minimum Gasteiger partial charge on any atom is -0.372 e. The maximum absolute atomic E-state index is 10.2. The first-order valence-electron chi connectivity index (χ1n) is 2.38. The van der Waals surface area contributed by atoms with Crippen LogP contribution in [0.1, 0.15) is 6.92 Å². The minimum atomic E-state index is -0.299. The summed E-state index contributed by atoms with van der Waals surface area (Å²) in [6.45, 7) is 2.39. The van der Waals surface area contributed by atoms with Crippen LogP contribution >= 0.6 is 0 Å². The third-order valence-corrected chi connectivity index (χ3v) is 0.598. The number of ether oxygens (including phenoxy) is 1. The first-order valence-corrected chi connectivity index (χ1v) is 2.38. The average molecular weight is 118 g/mol. The molecule has 0 aromatic carbocycles. The number of hydrogen-bond donors (Lipinski definition) is 2. The van der Waals surface area contributed by atoms with Gasteiger partial charge in [0.05, 0.1) is 0 Å². The quantitative estimate of drug-likeness (QED) is 0.284. The highest BCUT2D eigenvalue weighted by Crippen LogP contribution is 1.69. The monoisotopic (exact) mass is 118 g/mol. The van der Waals surface area contributed by atoms with Crippen molar-refractivity contribution in [3.05, 3.63) is 0 Å². The Kier molecular flexibility index (Phi) is 4.20. The van der Waals surface area contributed by atoms with Gasteiger partial charge in [-0.05, 0) is 6.92 Å². The molecule has 8 heavy (non-hydrogen) atoms. The predicted molar refractivity (Wildman–Crippen MR) is 28.8 cm³/mol. The lowest BCUT2D eigenvalue weighted by atomic mass is 10.7. The van der Waals surface area contributed by atoms with Gasteiger partial charge in [0.1, 0.15) is 6.61 Å². The van der Waals surface area contributed by atoms with Gasteiger partial charge in [-0.25, -0.2) is 5.84 Å². The van der Waals surface area contributed by atoms with Crippen LogP contribution in [0.2, 0.25) is 0 Å². The van der Waals surface area contributed by atoms with Crippen LogP contribution in [0.5, 0.6) is 0 Å². The lowest BCUT2D eigenvalue weighted by molar-refractivity contribution is -0.125. The summed E-state index contributed by atoms with van der Waals surface area (Å²) in [4.78, 5) is 10.2. The molecule has 0 aromatic rings. The highest BCUT2D eigenvalue weighted by Gasteiger charge is 1.93. The van der Waals surface area contributed by atoms with Gasteiger partial charge in [0.25, 0.3) is 5.91 Å². The second-order valence-electron chi connectivity index (χ2n) is 1.20. The van der Waals surface area contributed by atoms with E-state index < -0.39 is 0 Å². The summed E-state index contributed by atoms with van der Waals surface area (Å²) in [5.41, 5.74) is 1.94. The van der Waals surface area contributed by atoms with Crippen molar-refractivity contribution in [3.8, 4) is 0 Å². The molecular weight excluding hydrogens is 108 g/mol. The predicted octanol–water partition coefficient (Wildman–Crippen LogP) is -0.987. The van der Waals surface area contributed by atoms with Crippen molar-refractivity contribution in [1.29, 1.82) is 0 Å². The zero-order chi connectivity index (χ0) is 6.41. The van der Waals surface area contributed by atoms with Crippen LogP contribution in [0, 0.1) is 0 Å². The number of rotatable bonds is 3. The summed E-state index contributed by atoms with van der Waals surface area (Å²) < 4.78 is 4.69. The van der Waals surface area contributed by atoms with Crippen molar-refractivity contribution in [2.24, 2.45) is 5.84 Å². The van der Waals surface area contributed by atoms with E-state index in [9.17, 15) is 4.79 Å². The second kappa shape index (κ2) is 4.55. The van der Waals surface area contributed by atoms with Gasteiger partial charge in [-0.15, -0.1) is 0 Å². The molecule has 3 N–H and O–H groups in total. The van der Waals surface area contributed by atoms with Crippen LogP contribution in [-0.4, -0.2) is 19.1 Å². The summed E-state index contributed by atoms with van der Waals surface area (Å²) >= 11 is 0. The second-order valence-corrected chi connectivity index (χ2v) is 1.20. The molecule has 0 saturated heterocycles. The number of nitrogens with two attached hydrogens (primary N) is 1. The molecular formula is C4H10N2O2. The van der Waals surface area contributed by atoms with Gasteiger partial charge in [0.2, 0.25) is 0 Å². The van der Waals surface area contributed by atoms with Crippen molar-refractivity contribution in [2.45, 2.75) is 6.92 Å². The normalized spacial score (nSPS) is 8.75. The fourth-order valence-corrected chi connectivity index (χ4v) is 0.236. The molecule has 0 atom stereocenters. The summed E-state index contributed by atoms with van der Waals surface area (Å²) in [7, 11) is 0. The minimum absolute atomic E-state index is 0.0486. The highest BCUT2D eigenvalue weighted by molar-refractivity contribution is 5.76. The Morgan fingerprint density at radius 3 is 2.88 bits per heavy atom. The summed E-state index contributed by atoms with van der Waals surface area (Å²) in [5, 5.41) is 0. The van der Waals surface area contributed by atoms with Crippen molar-refractivity contribution in [1.82, 2.24) is 5.43 Å². The first-order chi connectivity index (χ1) is 3.81. The zero-order valence-corrected chi connectivity index (χ0v) is 4.81. The molecule has 0 saturated carbocycles. The topological polar surface area (TPSA) is 64.3 Å². The smallest absolute Gasteiger partial charge is 0.259 e. The number of amides is 1. The molecule has 0 unspecified atom stereocenters. The van der Waals surface area contributed by atoms with Gasteiger partial charge in [-0.2, -0.15) is 0 Å². The van der Waals surface area contributed by atoms with E-state index in [4.69, 9.17) is 10.6 Å². The lowest BCUT2D eigenvalue weighted by Crippen LogP contribution is -2.33. The van der Waals surface area contributed by atoms with Crippen LogP contribution in [0.4, 0.5) is 0 Å². The Hall–Kier alpha value is -0.610. The number of carbonyl (C=O) groups excluding carboxylic acids is 1. The van der Waals surface area contributed by atoms with E-state index in [0.717, 1.165) is 0 Å². The Morgan fingerprint density at radius 1 is 1.88 bits per heavy atom. The number of carbonyl (C=O) groups is 1. The van der Waals surface area contributed by atoms with E-state index in [0.29, 0.717) is 6.61 Å². The van der Waals surface area contributed by atoms with Crippen molar-refractivity contribution < 1.29 is 9.53 Å². The maximum Gasteiger partial charge on any atom is 0.259 e. The third kappa shape index (κ3) is 3.58. The first kappa shape index (κ1) is 7.39. The summed E-state index contributed by atoms with van der Waals surface area (Å²) in [5.74, 6) is 4.43. The fourth-order valence-electron chi connectivity index (χ4n) is 0.236. The largest absolute Gasteiger partial charge is 0.372 e. The average Bonchev–Trinajstić information content (AvgIpc) is 1.83. The molecule has 0 spiro atoms. The summed E-state index contributed by atoms with van der Waals surface area (Å²) in [6.07, 6.45) is 0. The van der Waals surface area contributed by atoms with Crippen LogP contribution < -0.4 is 11.3 Å². The van der Waals surface area contributed by atoms with E-state index in [1.807, 2.05) is 12.3 Å². The van der Waals surface area contributed by atoms with Gasteiger partial charge < -0.3 is 4.74 Å². The Labute approximate surface area is 48.0 Å². The Bertz CT molecular complexity index is 74.4. The van der Waals surface area contributed by atoms with Crippen molar-refractivity contribution in [3.63, 3.8) is 0 Å². The van der Waals surface area contributed by atoms with E-state index >= 15 is 0 Å². The Balaban J connectivity index is 2.99. The Morgan fingerprint density at radius 2 is 2.50 bits per heavy atom. The molecule has 0 aliphatic heterocycles. The molecule has 48 valence electrons. The molecule has 0 fully saturated rings. The van der Waals surface area contributed by atoms with E-state index in [1.54, 1.807) is 0 Å². The molecule has 0 heterocycles. The molecule has 0 aromatic heterocycles. The highest BCUT2D eigenvalue weighted by atomic mass is 16.5. The molecule has 0 rings (SSSR count). The molecule has 0 aliphatic rings. The van der Waals surface area contributed by atoms with Crippen LogP contribution in [0.25, 0.3) is 0 Å². The van der Waals surface area contributed by atoms with E-state index in [2.05, 4.69) is 0 Å². The number of hydrogen-bond acceptors (Lipinski definition) is 3. The van der Waals surface area contributed by atoms with E-state index in [1.165, 1.54) is 0 Å². The third-order valence-electron chi connectivity index (χ3n) is 0.598. The summed E-state index contributed by atoms with van der Waals surface area (Å²) in [6, 6.07) is 0. The van der Waals surface area contributed by atoms with Crippen molar-refractivity contribution >= 4 is 5.91 Å². The van der Waals surface area contributed by atoms with Crippen LogP contribution in [0.15, 0.2) is 0 Å². The standard InChI is InChI=1S/C4H10N2O2/c1-2-8-3-4(7)6-5/h2-3,5H2,1H3,(H,6,7). The molecule has 1 amide bonds. The maximum atomic E-state index is 10.2. The molecule has 0 bridgehead atoms. The van der Waals surface area contributed by atoms with E-state index in [-0.39, 0.29) is 12.5 Å². The van der Waals surface area contributed by atoms with Crippen LogP contribution in [-0.2, 0) is 9.53 Å². The van der Waals surface area contributed by atoms with Gasteiger partial charge in [-0.1, -0.05) is 0 Å². The zero-order valence-electron chi connectivity index (χ0n) is 4.81. The van der Waals surface area contributed by atoms with Gasteiger partial charge >= 0.3 is 0 Å². The number of nitrogens with one attached hydrogen (secondary N) is 1. The van der Waals surface area contributed by atoms with Gasteiger partial charge in [-0.3, -0.25) is 10.2 Å². The van der Waals surface area contributed by atoms with Crippen LogP contribution in [0.3, 0.4) is 0 Å². The molecule has 4 nitrogen and oxygen atoms in total. The lowest BCUT2D eigenvalue weighted by Gasteiger charge is -1.96. The van der Waals surface area contributed by atoms with Gasteiger partial charge in [0.15, 0.2) is 0 Å². The number of hydrazine groups is 1. The molecule has 0 aliphatic carbocycles.